The summed E-state index contributed by atoms with van der Waals surface area (Å²) in [6.07, 6.45) is -0.831. The Labute approximate surface area is 99.4 Å². The summed E-state index contributed by atoms with van der Waals surface area (Å²) in [6.45, 7) is 3.51. The van der Waals surface area contributed by atoms with Crippen LogP contribution in [0.5, 0.6) is 0 Å². The van der Waals surface area contributed by atoms with Gasteiger partial charge in [0, 0.05) is 19.8 Å². The molecule has 0 spiro atoms. The van der Waals surface area contributed by atoms with Gasteiger partial charge in [-0.2, -0.15) is 0 Å². The molecule has 2 unspecified atom stereocenters. The van der Waals surface area contributed by atoms with Gasteiger partial charge in [-0.15, -0.1) is 0 Å². The first-order valence-corrected chi connectivity index (χ1v) is 3.98. The summed E-state index contributed by atoms with van der Waals surface area (Å²) in [4.78, 5) is 12.4. The summed E-state index contributed by atoms with van der Waals surface area (Å²) in [5.41, 5.74) is 0. The predicted molar refractivity (Wildman–Crippen MR) is 49.8 cm³/mol. The van der Waals surface area contributed by atoms with Crippen molar-refractivity contribution in [3.63, 3.8) is 0 Å². The predicted octanol–water partition coefficient (Wildman–Crippen LogP) is -1.97. The average Bonchev–Trinajstić information content (AvgIpc) is 2.37. The fourth-order valence-electron chi connectivity index (χ4n) is 1.43. The van der Waals surface area contributed by atoms with Gasteiger partial charge >= 0.3 is 35.5 Å². The normalized spacial score (nSPS) is 22.0. The number of hydrogen-bond acceptors (Lipinski definition) is 4. The molecule has 1 aliphatic rings. The molecular weight excluding hydrogens is 183 g/mol. The Hall–Kier alpha value is 0.350. The summed E-state index contributed by atoms with van der Waals surface area (Å²) in [5, 5.41) is 21.0. The molecule has 13 heavy (non-hydrogen) atoms. The van der Waals surface area contributed by atoms with Crippen LogP contribution in [0.15, 0.2) is 0 Å². The van der Waals surface area contributed by atoms with E-state index in [0.29, 0.717) is 13.2 Å². The molecule has 6 heteroatoms. The molecule has 1 fully saturated rings. The first kappa shape index (κ1) is 13.4. The van der Waals surface area contributed by atoms with Crippen LogP contribution >= 0.6 is 0 Å². The number of aliphatic carboxylic acids is 1. The van der Waals surface area contributed by atoms with Crippen LogP contribution in [0.2, 0.25) is 0 Å². The molecule has 0 bridgehead atoms. The molecule has 0 aliphatic carbocycles. The van der Waals surface area contributed by atoms with Gasteiger partial charge in [0.1, 0.15) is 6.04 Å². The Morgan fingerprint density at radius 3 is 2.54 bits per heavy atom. The van der Waals surface area contributed by atoms with E-state index < -0.39 is 18.1 Å². The van der Waals surface area contributed by atoms with Crippen molar-refractivity contribution in [3.8, 4) is 0 Å². The van der Waals surface area contributed by atoms with Crippen LogP contribution in [0.4, 0.5) is 0 Å². The van der Waals surface area contributed by atoms with Crippen molar-refractivity contribution >= 4 is 35.5 Å². The van der Waals surface area contributed by atoms with Crippen molar-refractivity contribution in [3.05, 3.63) is 0 Å². The second kappa shape index (κ2) is 5.95. The standard InChI is InChI=1S/C7H14N2O3.Na.H/c1-5(10)6(7(11)12)9-3-2-8-4-9;;/h5-6,8,10H,2-4H2,1H3,(H,11,12);;. The fraction of sp³-hybridized carbons (Fsp3) is 0.857. The van der Waals surface area contributed by atoms with Gasteiger partial charge in [0.2, 0.25) is 0 Å². The first-order chi connectivity index (χ1) is 5.63. The Kier molecular flexibility index (Phi) is 6.11. The summed E-state index contributed by atoms with van der Waals surface area (Å²) in [6, 6.07) is -0.778. The minimum atomic E-state index is -0.964. The fourth-order valence-corrected chi connectivity index (χ4v) is 1.43. The Balaban J connectivity index is 0.00000144. The number of hydrogen-bond donors (Lipinski definition) is 3. The number of rotatable bonds is 3. The van der Waals surface area contributed by atoms with Crippen LogP contribution in [-0.4, -0.2) is 82.5 Å². The van der Waals surface area contributed by atoms with Gasteiger partial charge in [-0.3, -0.25) is 9.69 Å². The Morgan fingerprint density at radius 2 is 2.23 bits per heavy atom. The first-order valence-electron chi connectivity index (χ1n) is 3.98. The Morgan fingerprint density at radius 1 is 1.62 bits per heavy atom. The quantitative estimate of drug-likeness (QED) is 0.459. The molecule has 1 aliphatic heterocycles. The zero-order chi connectivity index (χ0) is 9.14. The molecule has 1 heterocycles. The van der Waals surface area contributed by atoms with Crippen molar-refractivity contribution in [2.24, 2.45) is 0 Å². The van der Waals surface area contributed by atoms with Crippen LogP contribution in [-0.2, 0) is 4.79 Å². The molecule has 0 aromatic heterocycles. The second-order valence-electron chi connectivity index (χ2n) is 2.99. The van der Waals surface area contributed by atoms with Crippen molar-refractivity contribution in [1.82, 2.24) is 10.2 Å². The van der Waals surface area contributed by atoms with Crippen molar-refractivity contribution < 1.29 is 15.0 Å². The van der Waals surface area contributed by atoms with Gasteiger partial charge in [-0.25, -0.2) is 0 Å². The molecule has 0 saturated carbocycles. The van der Waals surface area contributed by atoms with E-state index in [1.54, 1.807) is 4.90 Å². The number of nitrogens with one attached hydrogen (secondary N) is 1. The molecule has 0 aromatic rings. The Bertz CT molecular complexity index is 171. The third kappa shape index (κ3) is 3.53. The van der Waals surface area contributed by atoms with Crippen molar-refractivity contribution in [2.75, 3.05) is 19.8 Å². The van der Waals surface area contributed by atoms with E-state index in [1.165, 1.54) is 6.92 Å². The summed E-state index contributed by atoms with van der Waals surface area (Å²) in [7, 11) is 0. The van der Waals surface area contributed by atoms with Crippen LogP contribution in [0.1, 0.15) is 6.92 Å². The summed E-state index contributed by atoms with van der Waals surface area (Å²) in [5.74, 6) is -0.964. The molecule has 1 rings (SSSR count). The SMILES string of the molecule is CC(O)C(C(=O)O)N1CCNC1.[NaH]. The van der Waals surface area contributed by atoms with Gasteiger partial charge in [-0.05, 0) is 6.92 Å². The number of carbonyl (C=O) groups is 1. The number of aliphatic hydroxyl groups is 1. The van der Waals surface area contributed by atoms with Crippen molar-refractivity contribution in [1.29, 1.82) is 0 Å². The molecule has 72 valence electrons. The summed E-state index contributed by atoms with van der Waals surface area (Å²) < 4.78 is 0. The van der Waals surface area contributed by atoms with E-state index in [1.807, 2.05) is 0 Å². The second-order valence-corrected chi connectivity index (χ2v) is 2.99. The summed E-state index contributed by atoms with van der Waals surface area (Å²) >= 11 is 0. The zero-order valence-electron chi connectivity index (χ0n) is 7.03. The van der Waals surface area contributed by atoms with Crippen molar-refractivity contribution in [2.45, 2.75) is 19.1 Å². The maximum absolute atomic E-state index is 10.7. The van der Waals surface area contributed by atoms with Gasteiger partial charge < -0.3 is 15.5 Å². The van der Waals surface area contributed by atoms with Gasteiger partial charge in [-0.1, -0.05) is 0 Å². The van der Waals surface area contributed by atoms with Crippen LogP contribution in [0.3, 0.4) is 0 Å². The number of carboxylic acids is 1. The number of aliphatic hydroxyl groups excluding tert-OH is 1. The van der Waals surface area contributed by atoms with E-state index in [9.17, 15) is 9.90 Å². The molecule has 3 N–H and O–H groups in total. The topological polar surface area (TPSA) is 72.8 Å². The van der Waals surface area contributed by atoms with E-state index in [2.05, 4.69) is 5.32 Å². The third-order valence-electron chi connectivity index (χ3n) is 1.99. The molecule has 2 atom stereocenters. The molecule has 0 amide bonds. The zero-order valence-corrected chi connectivity index (χ0v) is 7.03. The van der Waals surface area contributed by atoms with Gasteiger partial charge in [0.25, 0.3) is 0 Å². The molecular formula is C7H15N2NaO3. The van der Waals surface area contributed by atoms with E-state index in [-0.39, 0.29) is 29.6 Å². The molecule has 5 nitrogen and oxygen atoms in total. The number of carboxylic acid groups (broad SMARTS) is 1. The maximum atomic E-state index is 10.7. The van der Waals surface area contributed by atoms with Gasteiger partial charge in [0.15, 0.2) is 0 Å². The van der Waals surface area contributed by atoms with Crippen LogP contribution in [0.25, 0.3) is 0 Å². The van der Waals surface area contributed by atoms with E-state index in [4.69, 9.17) is 5.11 Å². The monoisotopic (exact) mass is 198 g/mol. The van der Waals surface area contributed by atoms with Crippen LogP contribution < -0.4 is 5.32 Å². The average molecular weight is 198 g/mol. The molecule has 0 radical (unpaired) electrons. The third-order valence-corrected chi connectivity index (χ3v) is 1.99. The van der Waals surface area contributed by atoms with E-state index in [0.717, 1.165) is 6.54 Å². The van der Waals surface area contributed by atoms with Crippen LogP contribution in [0, 0.1) is 0 Å². The van der Waals surface area contributed by atoms with E-state index >= 15 is 0 Å². The minimum absolute atomic E-state index is 0. The molecule has 1 saturated heterocycles. The van der Waals surface area contributed by atoms with Gasteiger partial charge in [0.05, 0.1) is 6.10 Å². The molecule has 0 aromatic carbocycles. The number of nitrogens with zero attached hydrogens (tertiary/aromatic N) is 1.